The van der Waals surface area contributed by atoms with Gasteiger partial charge >= 0.3 is 0 Å². The Balaban J connectivity index is 1.46. The number of carbonyl (C=O) groups excluding carboxylic acids is 2. The molecule has 150 valence electrons. The zero-order chi connectivity index (χ0) is 20.4. The highest BCUT2D eigenvalue weighted by molar-refractivity contribution is 7.18. The van der Waals surface area contributed by atoms with Crippen LogP contribution < -0.4 is 10.6 Å². The maximum Gasteiger partial charge on any atom is 0.262 e. The van der Waals surface area contributed by atoms with E-state index in [1.54, 1.807) is 30.6 Å². The van der Waals surface area contributed by atoms with E-state index in [-0.39, 0.29) is 23.7 Å². The molecule has 0 saturated heterocycles. The molecule has 8 nitrogen and oxygen atoms in total. The lowest BCUT2D eigenvalue weighted by Gasteiger charge is -2.17. The van der Waals surface area contributed by atoms with Gasteiger partial charge in [0.2, 0.25) is 17.6 Å². The number of nitrogens with one attached hydrogen (secondary N) is 2. The number of hydrogen-bond acceptors (Lipinski definition) is 7. The summed E-state index contributed by atoms with van der Waals surface area (Å²) in [4.78, 5) is 33.6. The number of thiophene rings is 1. The Hall–Kier alpha value is -3.07. The molecule has 0 bridgehead atoms. The quantitative estimate of drug-likeness (QED) is 0.614. The third kappa shape index (κ3) is 4.51. The molecule has 1 aliphatic carbocycles. The number of carbonyl (C=O) groups is 2. The lowest BCUT2D eigenvalue weighted by atomic mass is 10.0. The van der Waals surface area contributed by atoms with E-state index in [9.17, 15) is 9.59 Å². The maximum absolute atomic E-state index is 12.7. The van der Waals surface area contributed by atoms with Crippen molar-refractivity contribution in [3.05, 3.63) is 47.4 Å². The second kappa shape index (κ2) is 8.12. The van der Waals surface area contributed by atoms with Gasteiger partial charge in [0.15, 0.2) is 0 Å². The first-order chi connectivity index (χ1) is 14.0. The van der Waals surface area contributed by atoms with Gasteiger partial charge in [-0.15, -0.1) is 11.3 Å². The van der Waals surface area contributed by atoms with Crippen LogP contribution in [0.5, 0.6) is 0 Å². The fourth-order valence-electron chi connectivity index (χ4n) is 2.80. The Labute approximate surface area is 171 Å². The summed E-state index contributed by atoms with van der Waals surface area (Å²) < 4.78 is 5.41. The van der Waals surface area contributed by atoms with Gasteiger partial charge in [0, 0.05) is 23.9 Å². The second-order valence-electron chi connectivity index (χ2n) is 7.32. The predicted molar refractivity (Wildman–Crippen MR) is 108 cm³/mol. The van der Waals surface area contributed by atoms with E-state index in [1.165, 1.54) is 11.3 Å². The van der Waals surface area contributed by atoms with E-state index in [0.717, 1.165) is 18.4 Å². The molecule has 4 rings (SSSR count). The highest BCUT2D eigenvalue weighted by Crippen LogP contribution is 2.32. The number of nitrogens with zero attached hydrogens (tertiary/aromatic N) is 3. The topological polar surface area (TPSA) is 110 Å². The first-order valence-corrected chi connectivity index (χ1v) is 10.3. The molecule has 0 aliphatic heterocycles. The van der Waals surface area contributed by atoms with Crippen molar-refractivity contribution in [2.75, 3.05) is 5.32 Å². The molecule has 0 spiro atoms. The van der Waals surface area contributed by atoms with Crippen molar-refractivity contribution in [2.45, 2.75) is 32.7 Å². The van der Waals surface area contributed by atoms with Crippen LogP contribution in [0.15, 0.2) is 41.2 Å². The van der Waals surface area contributed by atoms with E-state index in [0.29, 0.717) is 21.6 Å². The number of hydrogen-bond donors (Lipinski definition) is 2. The number of pyridine rings is 1. The molecule has 1 saturated carbocycles. The third-order valence-corrected chi connectivity index (χ3v) is 5.60. The molecule has 29 heavy (non-hydrogen) atoms. The van der Waals surface area contributed by atoms with Crippen LogP contribution in [0.2, 0.25) is 0 Å². The largest absolute Gasteiger partial charge is 0.339 e. The van der Waals surface area contributed by atoms with Crippen molar-refractivity contribution >= 4 is 28.2 Å². The van der Waals surface area contributed by atoms with E-state index in [2.05, 4.69) is 25.8 Å². The van der Waals surface area contributed by atoms with Crippen LogP contribution in [0.3, 0.4) is 0 Å². The normalized spacial score (nSPS) is 14.6. The first kappa shape index (κ1) is 19.3. The Kier molecular flexibility index (Phi) is 5.39. The van der Waals surface area contributed by atoms with Gasteiger partial charge < -0.3 is 15.2 Å². The SMILES string of the molecule is CC(C)C(NC(=O)c1ccc(NC(=O)C2CC2)s1)c1nc(-c2cccnc2)no1. The fourth-order valence-corrected chi connectivity index (χ4v) is 3.61. The van der Waals surface area contributed by atoms with Crippen LogP contribution in [0.25, 0.3) is 11.4 Å². The Morgan fingerprint density at radius 1 is 1.24 bits per heavy atom. The smallest absolute Gasteiger partial charge is 0.262 e. The van der Waals surface area contributed by atoms with E-state index in [1.807, 2.05) is 19.9 Å². The molecule has 2 N–H and O–H groups in total. The summed E-state index contributed by atoms with van der Waals surface area (Å²) in [6.45, 7) is 3.93. The summed E-state index contributed by atoms with van der Waals surface area (Å²) in [7, 11) is 0. The standard InChI is InChI=1S/C20H21N5O3S/c1-11(2)16(20-24-17(25-28-20)13-4-3-9-21-10-13)23-19(27)14-7-8-15(29-14)22-18(26)12-5-6-12/h3-4,7-12,16H,5-6H2,1-2H3,(H,22,26)(H,23,27). The molecule has 1 aliphatic rings. The van der Waals surface area contributed by atoms with Crippen LogP contribution in [-0.4, -0.2) is 26.9 Å². The lowest BCUT2D eigenvalue weighted by molar-refractivity contribution is -0.117. The van der Waals surface area contributed by atoms with Crippen LogP contribution >= 0.6 is 11.3 Å². The fraction of sp³-hybridized carbons (Fsp3) is 0.350. The molecule has 1 unspecified atom stereocenters. The molecule has 2 amide bonds. The zero-order valence-electron chi connectivity index (χ0n) is 16.1. The van der Waals surface area contributed by atoms with Crippen LogP contribution in [0.4, 0.5) is 5.00 Å². The Morgan fingerprint density at radius 3 is 2.76 bits per heavy atom. The molecule has 0 radical (unpaired) electrons. The average molecular weight is 411 g/mol. The second-order valence-corrected chi connectivity index (χ2v) is 8.40. The van der Waals surface area contributed by atoms with Crippen LogP contribution in [0, 0.1) is 11.8 Å². The summed E-state index contributed by atoms with van der Waals surface area (Å²) in [5.74, 6) is 0.691. The van der Waals surface area contributed by atoms with Gasteiger partial charge in [0.25, 0.3) is 5.91 Å². The van der Waals surface area contributed by atoms with Gasteiger partial charge in [-0.25, -0.2) is 0 Å². The minimum atomic E-state index is -0.438. The van der Waals surface area contributed by atoms with Crippen molar-refractivity contribution in [1.29, 1.82) is 0 Å². The minimum Gasteiger partial charge on any atom is -0.339 e. The summed E-state index contributed by atoms with van der Waals surface area (Å²) in [5, 5.41) is 10.5. The van der Waals surface area contributed by atoms with Crippen molar-refractivity contribution in [2.24, 2.45) is 11.8 Å². The molecule has 3 aromatic rings. The summed E-state index contributed by atoms with van der Waals surface area (Å²) in [6.07, 6.45) is 5.20. The molecule has 9 heteroatoms. The van der Waals surface area contributed by atoms with E-state index >= 15 is 0 Å². The van der Waals surface area contributed by atoms with Crippen molar-refractivity contribution in [3.8, 4) is 11.4 Å². The number of amides is 2. The molecule has 3 heterocycles. The monoisotopic (exact) mass is 411 g/mol. The Morgan fingerprint density at radius 2 is 2.07 bits per heavy atom. The van der Waals surface area contributed by atoms with Gasteiger partial charge in [-0.2, -0.15) is 4.98 Å². The van der Waals surface area contributed by atoms with E-state index < -0.39 is 6.04 Å². The average Bonchev–Trinajstić information content (AvgIpc) is 3.28. The first-order valence-electron chi connectivity index (χ1n) is 9.47. The highest BCUT2D eigenvalue weighted by Gasteiger charge is 2.30. The molecule has 1 atom stereocenters. The van der Waals surface area contributed by atoms with Gasteiger partial charge in [-0.05, 0) is 43.0 Å². The van der Waals surface area contributed by atoms with Gasteiger partial charge in [0.05, 0.1) is 9.88 Å². The predicted octanol–water partition coefficient (Wildman–Crippen LogP) is 3.67. The molecule has 0 aromatic carbocycles. The van der Waals surface area contributed by atoms with Crippen molar-refractivity contribution in [3.63, 3.8) is 0 Å². The lowest BCUT2D eigenvalue weighted by Crippen LogP contribution is -2.31. The Bertz CT molecular complexity index is 1010. The zero-order valence-corrected chi connectivity index (χ0v) is 16.9. The molecular weight excluding hydrogens is 390 g/mol. The van der Waals surface area contributed by atoms with Gasteiger partial charge in [-0.3, -0.25) is 14.6 Å². The molecule has 3 aromatic heterocycles. The number of rotatable bonds is 7. The van der Waals surface area contributed by atoms with Crippen LogP contribution in [-0.2, 0) is 4.79 Å². The van der Waals surface area contributed by atoms with Gasteiger partial charge in [-0.1, -0.05) is 19.0 Å². The third-order valence-electron chi connectivity index (χ3n) is 4.61. The highest BCUT2D eigenvalue weighted by atomic mass is 32.1. The minimum absolute atomic E-state index is 0.0210. The molecule has 1 fully saturated rings. The van der Waals surface area contributed by atoms with Gasteiger partial charge in [0.1, 0.15) is 6.04 Å². The molecular formula is C20H21N5O3S. The summed E-state index contributed by atoms with van der Waals surface area (Å²) in [5.41, 5.74) is 0.741. The summed E-state index contributed by atoms with van der Waals surface area (Å²) in [6, 6.07) is 6.65. The van der Waals surface area contributed by atoms with Crippen molar-refractivity contribution < 1.29 is 14.1 Å². The number of anilines is 1. The number of aromatic nitrogens is 3. The van der Waals surface area contributed by atoms with E-state index in [4.69, 9.17) is 4.52 Å². The van der Waals surface area contributed by atoms with Crippen LogP contribution in [0.1, 0.15) is 48.3 Å². The maximum atomic E-state index is 12.7. The summed E-state index contributed by atoms with van der Waals surface area (Å²) >= 11 is 1.25. The van der Waals surface area contributed by atoms with Crippen molar-refractivity contribution in [1.82, 2.24) is 20.4 Å².